The summed E-state index contributed by atoms with van der Waals surface area (Å²) >= 11 is 0. The average molecular weight is 693 g/mol. The molecule has 1 aromatic carbocycles. The van der Waals surface area contributed by atoms with Gasteiger partial charge in [0.2, 0.25) is 0 Å². The fraction of sp³-hybridized carbons (Fsp3) is 0.353. The number of aromatic nitrogens is 7. The summed E-state index contributed by atoms with van der Waals surface area (Å²) < 4.78 is 87.3. The van der Waals surface area contributed by atoms with Gasteiger partial charge in [0, 0.05) is 57.0 Å². The summed E-state index contributed by atoms with van der Waals surface area (Å²) in [6.45, 7) is 2.57. The molecule has 1 aliphatic heterocycles. The number of alkyl halides is 6. The fourth-order valence-electron chi connectivity index (χ4n) is 6.29. The molecule has 0 bridgehead atoms. The lowest BCUT2D eigenvalue weighted by Crippen LogP contribution is -2.47. The molecule has 7 rings (SSSR count). The number of pyridine rings is 2. The molecule has 2 aliphatic rings. The molecular formula is C34H30F6N10. The molecule has 1 aliphatic carbocycles. The maximum atomic E-state index is 14.2. The van der Waals surface area contributed by atoms with Crippen molar-refractivity contribution in [2.75, 3.05) is 25.0 Å². The molecule has 1 saturated heterocycles. The van der Waals surface area contributed by atoms with Crippen LogP contribution < -0.4 is 5.32 Å². The topological polar surface area (TPSA) is 113 Å². The molecule has 5 aromatic rings. The highest BCUT2D eigenvalue weighted by atomic mass is 19.4. The molecule has 1 saturated carbocycles. The van der Waals surface area contributed by atoms with Crippen LogP contribution in [0.3, 0.4) is 0 Å². The average Bonchev–Trinajstić information content (AvgIpc) is 3.48. The summed E-state index contributed by atoms with van der Waals surface area (Å²) in [5.41, 5.74) is -0.285. The van der Waals surface area contributed by atoms with Crippen molar-refractivity contribution < 1.29 is 26.3 Å². The summed E-state index contributed by atoms with van der Waals surface area (Å²) in [5.74, 6) is 0.693. The molecule has 5 heterocycles. The Bertz CT molecular complexity index is 2080. The maximum absolute atomic E-state index is 14.2. The third-order valence-electron chi connectivity index (χ3n) is 9.00. The minimum Gasteiger partial charge on any atom is -0.370 e. The van der Waals surface area contributed by atoms with Crippen molar-refractivity contribution in [1.29, 1.82) is 5.26 Å². The SMILES string of the molecule is Cn1cnnc1-c1ccc(C(F)(F)F)cc1-c1cc(NCCCC#N)nc(-n2cc(-c3nc(CN4CC5(CC5)C4)ccc3C(F)(F)F)cn2)c1. The van der Waals surface area contributed by atoms with Crippen LogP contribution in [0.2, 0.25) is 0 Å². The number of hydrogen-bond acceptors (Lipinski definition) is 8. The zero-order valence-electron chi connectivity index (χ0n) is 26.7. The van der Waals surface area contributed by atoms with Crippen LogP contribution in [0.4, 0.5) is 32.2 Å². The van der Waals surface area contributed by atoms with E-state index in [0.717, 1.165) is 31.3 Å². The first kappa shape index (κ1) is 33.2. The zero-order chi connectivity index (χ0) is 35.3. The Morgan fingerprint density at radius 1 is 0.940 bits per heavy atom. The van der Waals surface area contributed by atoms with Crippen LogP contribution in [0.25, 0.3) is 39.6 Å². The van der Waals surface area contributed by atoms with Gasteiger partial charge in [-0.25, -0.2) is 9.67 Å². The van der Waals surface area contributed by atoms with Gasteiger partial charge in [-0.05, 0) is 78.3 Å². The van der Waals surface area contributed by atoms with Gasteiger partial charge in [0.25, 0.3) is 0 Å². The molecule has 4 aromatic heterocycles. The Morgan fingerprint density at radius 3 is 2.42 bits per heavy atom. The predicted octanol–water partition coefficient (Wildman–Crippen LogP) is 7.14. The van der Waals surface area contributed by atoms with Gasteiger partial charge in [0.15, 0.2) is 11.6 Å². The molecule has 50 heavy (non-hydrogen) atoms. The summed E-state index contributed by atoms with van der Waals surface area (Å²) in [5, 5.41) is 24.4. The van der Waals surface area contributed by atoms with E-state index in [2.05, 4.69) is 41.5 Å². The number of likely N-dealkylation sites (tertiary alicyclic amines) is 1. The lowest BCUT2D eigenvalue weighted by Gasteiger charge is -2.39. The Labute approximate surface area is 282 Å². The van der Waals surface area contributed by atoms with Gasteiger partial charge in [-0.3, -0.25) is 9.88 Å². The van der Waals surface area contributed by atoms with Crippen LogP contribution in [0.1, 0.15) is 42.5 Å². The van der Waals surface area contributed by atoms with Gasteiger partial charge in [0.1, 0.15) is 12.1 Å². The first-order chi connectivity index (χ1) is 23.8. The monoisotopic (exact) mass is 692 g/mol. The van der Waals surface area contributed by atoms with E-state index in [-0.39, 0.29) is 34.9 Å². The van der Waals surface area contributed by atoms with Crippen LogP contribution in [0.15, 0.2) is 61.2 Å². The lowest BCUT2D eigenvalue weighted by atomic mass is 9.96. The van der Waals surface area contributed by atoms with E-state index in [0.29, 0.717) is 47.6 Å². The molecule has 2 fully saturated rings. The molecule has 1 spiro atoms. The molecule has 0 atom stereocenters. The second-order valence-corrected chi connectivity index (χ2v) is 12.8. The van der Waals surface area contributed by atoms with Gasteiger partial charge in [-0.15, -0.1) is 10.2 Å². The first-order valence-electron chi connectivity index (χ1n) is 15.9. The second-order valence-electron chi connectivity index (χ2n) is 12.8. The summed E-state index contributed by atoms with van der Waals surface area (Å²) in [6.07, 6.45) is -2.20. The number of halogens is 6. The number of unbranched alkanes of at least 4 members (excludes halogenated alkanes) is 1. The van der Waals surface area contributed by atoms with Crippen molar-refractivity contribution in [2.24, 2.45) is 12.5 Å². The molecule has 10 nitrogen and oxygen atoms in total. The van der Waals surface area contributed by atoms with Crippen LogP contribution in [-0.2, 0) is 25.9 Å². The third kappa shape index (κ3) is 6.77. The number of rotatable bonds is 10. The normalized spacial score (nSPS) is 15.6. The van der Waals surface area contributed by atoms with Gasteiger partial charge in [-0.1, -0.05) is 0 Å². The minimum atomic E-state index is -4.68. The van der Waals surface area contributed by atoms with E-state index in [1.54, 1.807) is 17.7 Å². The number of aryl methyl sites for hydroxylation is 1. The van der Waals surface area contributed by atoms with E-state index in [9.17, 15) is 26.3 Å². The van der Waals surface area contributed by atoms with E-state index >= 15 is 0 Å². The van der Waals surface area contributed by atoms with E-state index in [4.69, 9.17) is 5.26 Å². The molecule has 0 amide bonds. The van der Waals surface area contributed by atoms with Crippen molar-refractivity contribution >= 4 is 5.82 Å². The van der Waals surface area contributed by atoms with Gasteiger partial charge >= 0.3 is 12.4 Å². The Morgan fingerprint density at radius 2 is 1.74 bits per heavy atom. The fourth-order valence-corrected chi connectivity index (χ4v) is 6.29. The molecule has 1 N–H and O–H groups in total. The smallest absolute Gasteiger partial charge is 0.370 e. The van der Waals surface area contributed by atoms with Crippen molar-refractivity contribution in [1.82, 2.24) is 39.4 Å². The molecule has 0 radical (unpaired) electrons. The number of hydrogen-bond donors (Lipinski definition) is 1. The highest BCUT2D eigenvalue weighted by Crippen LogP contribution is 2.53. The van der Waals surface area contributed by atoms with Crippen LogP contribution in [0, 0.1) is 16.7 Å². The molecule has 0 unspecified atom stereocenters. The van der Waals surface area contributed by atoms with Crippen molar-refractivity contribution in [3.8, 4) is 45.7 Å². The molecular weight excluding hydrogens is 662 g/mol. The third-order valence-corrected chi connectivity index (χ3v) is 9.00. The van der Waals surface area contributed by atoms with Gasteiger partial charge in [-0.2, -0.15) is 36.7 Å². The van der Waals surface area contributed by atoms with Crippen LogP contribution in [0.5, 0.6) is 0 Å². The summed E-state index contributed by atoms with van der Waals surface area (Å²) in [6, 6.07) is 10.8. The zero-order valence-corrected chi connectivity index (χ0v) is 26.7. The maximum Gasteiger partial charge on any atom is 0.418 e. The van der Waals surface area contributed by atoms with Gasteiger partial charge < -0.3 is 9.88 Å². The number of anilines is 1. The largest absolute Gasteiger partial charge is 0.418 e. The Balaban J connectivity index is 1.30. The standard InChI is InChI=1S/C34H30F6N10/c1-48-20-43-47-31(48)25-6-4-23(33(35,36)37)14-26(25)21-12-28(42-11-3-2-10-41)46-29(13-21)50-16-22(15-44-50)30-27(34(38,39)40)7-5-24(45-30)17-49-18-32(19-49)8-9-32/h4-7,12-16,20H,2-3,8-9,11,17-19H2,1H3,(H,42,46). The summed E-state index contributed by atoms with van der Waals surface area (Å²) in [7, 11) is 1.66. The lowest BCUT2D eigenvalue weighted by molar-refractivity contribution is -0.138. The molecule has 258 valence electrons. The van der Waals surface area contributed by atoms with Gasteiger partial charge in [0.05, 0.1) is 34.8 Å². The van der Waals surface area contributed by atoms with E-state index in [1.165, 1.54) is 54.4 Å². The van der Waals surface area contributed by atoms with Crippen LogP contribution in [-0.4, -0.2) is 59.0 Å². The number of nitrogens with one attached hydrogen (secondary N) is 1. The van der Waals surface area contributed by atoms with E-state index < -0.39 is 23.5 Å². The Hall–Kier alpha value is -5.30. The highest BCUT2D eigenvalue weighted by molar-refractivity contribution is 5.83. The first-order valence-corrected chi connectivity index (χ1v) is 15.9. The molecule has 16 heteroatoms. The van der Waals surface area contributed by atoms with Crippen molar-refractivity contribution in [3.05, 3.63) is 78.0 Å². The number of nitrogens with zero attached hydrogens (tertiary/aromatic N) is 9. The minimum absolute atomic E-state index is 0.0935. The highest BCUT2D eigenvalue weighted by Gasteiger charge is 2.52. The summed E-state index contributed by atoms with van der Waals surface area (Å²) in [4.78, 5) is 11.2. The quantitative estimate of drug-likeness (QED) is 0.121. The second kappa shape index (κ2) is 12.5. The van der Waals surface area contributed by atoms with Crippen molar-refractivity contribution in [3.63, 3.8) is 0 Å². The van der Waals surface area contributed by atoms with Crippen LogP contribution >= 0.6 is 0 Å². The predicted molar refractivity (Wildman–Crippen MR) is 170 cm³/mol. The number of nitriles is 1. The van der Waals surface area contributed by atoms with E-state index in [1.807, 2.05) is 0 Å². The number of benzene rings is 1. The Kier molecular flexibility index (Phi) is 8.33. The van der Waals surface area contributed by atoms with Crippen molar-refractivity contribution in [2.45, 2.75) is 44.6 Å².